The van der Waals surface area contributed by atoms with Gasteiger partial charge < -0.3 is 5.32 Å². The molecule has 4 rings (SSSR count). The molecule has 1 aromatic carbocycles. The summed E-state index contributed by atoms with van der Waals surface area (Å²) >= 11 is 6.25. The lowest BCUT2D eigenvalue weighted by molar-refractivity contribution is -0.115. The predicted octanol–water partition coefficient (Wildman–Crippen LogP) is 3.79. The number of carbonyl (C=O) groups excluding carboxylic acids is 1. The van der Waals surface area contributed by atoms with Crippen molar-refractivity contribution in [2.75, 3.05) is 0 Å². The zero-order valence-electron chi connectivity index (χ0n) is 12.4. The third-order valence-electron chi connectivity index (χ3n) is 3.58. The smallest absolute Gasteiger partial charge is 0.263 e. The standard InChI is InChI=1S/C18H11N3OS2/c22-17-16(24-18(23)21-17)9-13-5-3-7-15(20-13)12-8-11-4-1-2-6-14(11)19-10-12/h1-10H,(H,21,22,23). The number of nitrogens with one attached hydrogen (secondary N) is 1. The van der Waals surface area contributed by atoms with Crippen LogP contribution in [0.1, 0.15) is 5.69 Å². The number of amides is 1. The largest absolute Gasteiger partial charge is 0.307 e. The molecule has 24 heavy (non-hydrogen) atoms. The van der Waals surface area contributed by atoms with Crippen molar-refractivity contribution in [2.45, 2.75) is 0 Å². The number of para-hydroxylation sites is 1. The number of fused-ring (bicyclic) bond motifs is 1. The second-order valence-corrected chi connectivity index (χ2v) is 6.94. The molecule has 0 atom stereocenters. The maximum atomic E-state index is 11.8. The Hall–Kier alpha value is -2.57. The van der Waals surface area contributed by atoms with Crippen LogP contribution in [-0.2, 0) is 4.79 Å². The average molecular weight is 349 g/mol. The maximum absolute atomic E-state index is 11.8. The van der Waals surface area contributed by atoms with Crippen LogP contribution in [0.25, 0.3) is 28.2 Å². The van der Waals surface area contributed by atoms with Crippen LogP contribution in [0.3, 0.4) is 0 Å². The SMILES string of the molecule is O=C1NC(=S)SC1=Cc1cccc(-c2cnc3ccccc3c2)n1. The van der Waals surface area contributed by atoms with E-state index in [1.54, 1.807) is 6.08 Å². The number of carbonyl (C=O) groups is 1. The van der Waals surface area contributed by atoms with E-state index in [1.165, 1.54) is 11.8 Å². The van der Waals surface area contributed by atoms with Crippen LogP contribution in [0, 0.1) is 0 Å². The van der Waals surface area contributed by atoms with E-state index >= 15 is 0 Å². The third-order valence-corrected chi connectivity index (χ3v) is 4.74. The molecular formula is C18H11N3OS2. The summed E-state index contributed by atoms with van der Waals surface area (Å²) in [5, 5.41) is 3.67. The Morgan fingerprint density at radius 3 is 2.83 bits per heavy atom. The van der Waals surface area contributed by atoms with Crippen molar-refractivity contribution in [1.29, 1.82) is 0 Å². The number of thiocarbonyl (C=S) groups is 1. The van der Waals surface area contributed by atoms with Crippen LogP contribution in [-0.4, -0.2) is 20.2 Å². The number of aromatic nitrogens is 2. The minimum absolute atomic E-state index is 0.176. The molecule has 1 fully saturated rings. The minimum atomic E-state index is -0.176. The Balaban J connectivity index is 1.72. The fourth-order valence-electron chi connectivity index (χ4n) is 2.46. The second-order valence-electron chi connectivity index (χ2n) is 5.22. The highest BCUT2D eigenvalue weighted by atomic mass is 32.2. The van der Waals surface area contributed by atoms with Gasteiger partial charge >= 0.3 is 0 Å². The van der Waals surface area contributed by atoms with E-state index in [0.29, 0.717) is 14.9 Å². The topological polar surface area (TPSA) is 54.9 Å². The first-order valence-electron chi connectivity index (χ1n) is 7.26. The van der Waals surface area contributed by atoms with Crippen LogP contribution in [0.4, 0.5) is 0 Å². The van der Waals surface area contributed by atoms with E-state index < -0.39 is 0 Å². The van der Waals surface area contributed by atoms with E-state index in [4.69, 9.17) is 12.2 Å². The summed E-state index contributed by atoms with van der Waals surface area (Å²) in [5.74, 6) is -0.176. The summed E-state index contributed by atoms with van der Waals surface area (Å²) in [7, 11) is 0. The Labute approximate surface area is 148 Å². The van der Waals surface area contributed by atoms with Crippen molar-refractivity contribution in [3.8, 4) is 11.3 Å². The first-order chi connectivity index (χ1) is 11.7. The van der Waals surface area contributed by atoms with E-state index in [1.807, 2.05) is 48.7 Å². The lowest BCUT2D eigenvalue weighted by Gasteiger charge is -2.04. The molecule has 1 amide bonds. The summed E-state index contributed by atoms with van der Waals surface area (Å²) in [6.07, 6.45) is 3.56. The van der Waals surface area contributed by atoms with Gasteiger partial charge in [0.2, 0.25) is 0 Å². The lowest BCUT2D eigenvalue weighted by Crippen LogP contribution is -2.17. The fraction of sp³-hybridized carbons (Fsp3) is 0. The molecule has 0 unspecified atom stereocenters. The van der Waals surface area contributed by atoms with Gasteiger partial charge in [-0.25, -0.2) is 4.98 Å². The summed E-state index contributed by atoms with van der Waals surface area (Å²) in [5.41, 5.74) is 3.41. The van der Waals surface area contributed by atoms with Gasteiger partial charge in [0, 0.05) is 17.1 Å². The van der Waals surface area contributed by atoms with Crippen molar-refractivity contribution in [3.63, 3.8) is 0 Å². The molecule has 1 saturated heterocycles. The molecule has 0 radical (unpaired) electrons. The normalized spacial score (nSPS) is 15.9. The van der Waals surface area contributed by atoms with Gasteiger partial charge in [0.15, 0.2) is 0 Å². The molecule has 4 nitrogen and oxygen atoms in total. The Morgan fingerprint density at radius 2 is 2.00 bits per heavy atom. The number of nitrogens with zero attached hydrogens (tertiary/aromatic N) is 2. The highest BCUT2D eigenvalue weighted by Gasteiger charge is 2.22. The van der Waals surface area contributed by atoms with E-state index in [-0.39, 0.29) is 5.91 Å². The summed E-state index contributed by atoms with van der Waals surface area (Å²) < 4.78 is 0.473. The van der Waals surface area contributed by atoms with Crippen LogP contribution in [0.2, 0.25) is 0 Å². The van der Waals surface area contributed by atoms with Crippen LogP contribution >= 0.6 is 24.0 Å². The van der Waals surface area contributed by atoms with Gasteiger partial charge in [0.1, 0.15) is 4.32 Å². The number of pyridine rings is 2. The molecule has 116 valence electrons. The van der Waals surface area contributed by atoms with Crippen molar-refractivity contribution in [3.05, 3.63) is 65.3 Å². The summed E-state index contributed by atoms with van der Waals surface area (Å²) in [4.78, 5) is 21.4. The molecule has 0 saturated carbocycles. The van der Waals surface area contributed by atoms with Gasteiger partial charge in [-0.05, 0) is 30.3 Å². The van der Waals surface area contributed by atoms with Crippen molar-refractivity contribution >= 4 is 51.2 Å². The van der Waals surface area contributed by atoms with Gasteiger partial charge in [-0.1, -0.05) is 48.2 Å². The number of rotatable bonds is 2. The number of benzene rings is 1. The lowest BCUT2D eigenvalue weighted by atomic mass is 10.1. The molecule has 6 heteroatoms. The van der Waals surface area contributed by atoms with E-state index in [0.717, 1.165) is 22.2 Å². The van der Waals surface area contributed by atoms with Gasteiger partial charge in [-0.15, -0.1) is 0 Å². The number of thioether (sulfide) groups is 1. The Morgan fingerprint density at radius 1 is 1.12 bits per heavy atom. The van der Waals surface area contributed by atoms with E-state index in [2.05, 4.69) is 21.4 Å². The molecule has 3 heterocycles. The van der Waals surface area contributed by atoms with Gasteiger partial charge in [0.05, 0.1) is 21.8 Å². The summed E-state index contributed by atoms with van der Waals surface area (Å²) in [6.45, 7) is 0. The quantitative estimate of drug-likeness (QED) is 0.563. The predicted molar refractivity (Wildman–Crippen MR) is 101 cm³/mol. The van der Waals surface area contributed by atoms with Crippen LogP contribution in [0.15, 0.2) is 59.6 Å². The Kier molecular flexibility index (Phi) is 3.84. The molecule has 3 aromatic rings. The molecule has 1 aliphatic heterocycles. The first kappa shape index (κ1) is 15.0. The van der Waals surface area contributed by atoms with Crippen molar-refractivity contribution in [1.82, 2.24) is 15.3 Å². The zero-order valence-corrected chi connectivity index (χ0v) is 14.0. The van der Waals surface area contributed by atoms with Crippen molar-refractivity contribution < 1.29 is 4.79 Å². The summed E-state index contributed by atoms with van der Waals surface area (Å²) in [6, 6.07) is 15.7. The monoisotopic (exact) mass is 349 g/mol. The average Bonchev–Trinajstić information content (AvgIpc) is 2.92. The van der Waals surface area contributed by atoms with Crippen LogP contribution < -0.4 is 5.32 Å². The highest BCUT2D eigenvalue weighted by Crippen LogP contribution is 2.26. The molecule has 0 bridgehead atoms. The van der Waals surface area contributed by atoms with Crippen LogP contribution in [0.5, 0.6) is 0 Å². The van der Waals surface area contributed by atoms with Gasteiger partial charge in [-0.3, -0.25) is 9.78 Å². The van der Waals surface area contributed by atoms with Gasteiger partial charge in [-0.2, -0.15) is 0 Å². The molecular weight excluding hydrogens is 338 g/mol. The highest BCUT2D eigenvalue weighted by molar-refractivity contribution is 8.26. The second kappa shape index (κ2) is 6.14. The molecule has 0 spiro atoms. The third kappa shape index (κ3) is 2.93. The molecule has 1 N–H and O–H groups in total. The minimum Gasteiger partial charge on any atom is -0.307 e. The molecule has 1 aliphatic rings. The van der Waals surface area contributed by atoms with Gasteiger partial charge in [0.25, 0.3) is 5.91 Å². The maximum Gasteiger partial charge on any atom is 0.263 e. The zero-order chi connectivity index (χ0) is 16.5. The number of hydrogen-bond acceptors (Lipinski definition) is 5. The Bertz CT molecular complexity index is 1010. The molecule has 2 aromatic heterocycles. The fourth-order valence-corrected chi connectivity index (χ4v) is 3.49. The first-order valence-corrected chi connectivity index (χ1v) is 8.49. The number of hydrogen-bond donors (Lipinski definition) is 1. The van der Waals surface area contributed by atoms with E-state index in [9.17, 15) is 4.79 Å². The molecule has 0 aliphatic carbocycles. The van der Waals surface area contributed by atoms with Crippen molar-refractivity contribution in [2.24, 2.45) is 0 Å².